The van der Waals surface area contributed by atoms with Crippen LogP contribution in [0.25, 0.3) is 0 Å². The van der Waals surface area contributed by atoms with E-state index in [0.717, 1.165) is 0 Å². The number of aliphatic hydroxyl groups is 1. The van der Waals surface area contributed by atoms with Gasteiger partial charge < -0.3 is 20.3 Å². The molecular weight excluding hydrogens is 404 g/mol. The summed E-state index contributed by atoms with van der Waals surface area (Å²) in [5, 5.41) is 23.3. The molecular formula is C22H26N2O7. The number of hydrogen-bond acceptors (Lipinski definition) is 7. The third-order valence-electron chi connectivity index (χ3n) is 4.60. The molecule has 0 fully saturated rings. The number of carboxylic acid groups (broad SMARTS) is 1. The van der Waals surface area contributed by atoms with Crippen LogP contribution >= 0.6 is 0 Å². The van der Waals surface area contributed by atoms with Crippen LogP contribution in [0.2, 0.25) is 0 Å². The van der Waals surface area contributed by atoms with Crippen molar-refractivity contribution in [2.24, 2.45) is 0 Å². The molecule has 2 unspecified atom stereocenters. The Morgan fingerprint density at radius 3 is 2.29 bits per heavy atom. The molecule has 0 spiro atoms. The number of Topliss-reactive ketones (excluding diaryl/α,β-unsaturated/α-hetero) is 1. The van der Waals surface area contributed by atoms with Crippen molar-refractivity contribution >= 4 is 23.9 Å². The van der Waals surface area contributed by atoms with Crippen molar-refractivity contribution in [3.8, 4) is 5.75 Å². The van der Waals surface area contributed by atoms with Gasteiger partial charge in [-0.1, -0.05) is 37.3 Å². The van der Waals surface area contributed by atoms with Crippen molar-refractivity contribution in [2.45, 2.75) is 38.1 Å². The number of methoxy groups -OCH3 is 1. The molecule has 3 N–H and O–H groups in total. The summed E-state index contributed by atoms with van der Waals surface area (Å²) < 4.78 is 5.08. The number of benzene rings is 2. The van der Waals surface area contributed by atoms with E-state index in [1.807, 2.05) is 6.07 Å². The Balaban J connectivity index is 2.33. The molecule has 1 amide bonds. The molecule has 0 aliphatic rings. The predicted octanol–water partition coefficient (Wildman–Crippen LogP) is 1.86. The number of aliphatic carboxylic acids is 1. The number of aliphatic hydroxyl groups excluding tert-OH is 1. The Bertz CT molecular complexity index is 858. The lowest BCUT2D eigenvalue weighted by molar-refractivity contribution is -0.199. The zero-order valence-corrected chi connectivity index (χ0v) is 17.3. The number of rotatable bonds is 13. The second-order valence-electron chi connectivity index (χ2n) is 6.68. The number of ketones is 1. The van der Waals surface area contributed by atoms with Gasteiger partial charge in [0.15, 0.2) is 17.9 Å². The van der Waals surface area contributed by atoms with Gasteiger partial charge in [-0.2, -0.15) is 0 Å². The second kappa shape index (κ2) is 11.7. The van der Waals surface area contributed by atoms with Gasteiger partial charge in [-0.25, -0.2) is 9.86 Å². The highest BCUT2D eigenvalue weighted by Gasteiger charge is 2.41. The summed E-state index contributed by atoms with van der Waals surface area (Å²) in [6.45, 7) is 1.50. The summed E-state index contributed by atoms with van der Waals surface area (Å²) >= 11 is 0. The van der Waals surface area contributed by atoms with Gasteiger partial charge in [0.25, 0.3) is 0 Å². The average Bonchev–Trinajstić information content (AvgIpc) is 2.80. The van der Waals surface area contributed by atoms with E-state index in [1.165, 1.54) is 7.11 Å². The molecule has 0 aromatic heterocycles. The zero-order valence-electron chi connectivity index (χ0n) is 17.3. The monoisotopic (exact) mass is 430 g/mol. The van der Waals surface area contributed by atoms with E-state index in [2.05, 4.69) is 5.32 Å². The van der Waals surface area contributed by atoms with Crippen molar-refractivity contribution in [1.82, 2.24) is 5.06 Å². The van der Waals surface area contributed by atoms with Gasteiger partial charge in [-0.05, 0) is 36.2 Å². The van der Waals surface area contributed by atoms with Crippen LogP contribution in [0.1, 0.15) is 18.9 Å². The molecule has 31 heavy (non-hydrogen) atoms. The molecule has 9 nitrogen and oxygen atoms in total. The Kier molecular flexibility index (Phi) is 8.98. The highest BCUT2D eigenvalue weighted by molar-refractivity contribution is 5.96. The van der Waals surface area contributed by atoms with Crippen LogP contribution in [0, 0.1) is 0 Å². The Labute approximate surface area is 180 Å². The average molecular weight is 430 g/mol. The molecule has 2 aromatic carbocycles. The molecule has 0 heterocycles. The molecule has 9 heteroatoms. The van der Waals surface area contributed by atoms with Gasteiger partial charge in [0.1, 0.15) is 18.5 Å². The van der Waals surface area contributed by atoms with Gasteiger partial charge in [0.05, 0.1) is 7.11 Å². The number of hydrogen-bond donors (Lipinski definition) is 3. The van der Waals surface area contributed by atoms with Gasteiger partial charge in [0.2, 0.25) is 6.41 Å². The highest BCUT2D eigenvalue weighted by Crippen LogP contribution is 2.20. The molecule has 0 saturated carbocycles. The second-order valence-corrected chi connectivity index (χ2v) is 6.68. The van der Waals surface area contributed by atoms with E-state index >= 15 is 0 Å². The minimum atomic E-state index is -1.62. The maximum absolute atomic E-state index is 12.9. The molecule has 2 rings (SSSR count). The quantitative estimate of drug-likeness (QED) is 0.325. The lowest BCUT2D eigenvalue weighted by atomic mass is 9.97. The van der Waals surface area contributed by atoms with E-state index in [4.69, 9.17) is 9.57 Å². The summed E-state index contributed by atoms with van der Waals surface area (Å²) in [4.78, 5) is 42.2. The van der Waals surface area contributed by atoms with Crippen molar-refractivity contribution in [3.63, 3.8) is 0 Å². The molecule has 166 valence electrons. The summed E-state index contributed by atoms with van der Waals surface area (Å²) in [6.07, 6.45) is -1.18. The van der Waals surface area contributed by atoms with Crippen LogP contribution in [-0.4, -0.2) is 58.7 Å². The molecule has 2 aromatic rings. The van der Waals surface area contributed by atoms with E-state index in [1.54, 1.807) is 55.5 Å². The number of carboxylic acids is 1. The smallest absolute Gasteiger partial charge is 0.328 e. The van der Waals surface area contributed by atoms with Crippen molar-refractivity contribution in [2.75, 3.05) is 12.4 Å². The fourth-order valence-electron chi connectivity index (χ4n) is 2.88. The normalized spacial score (nSPS) is 13.5. The first-order valence-corrected chi connectivity index (χ1v) is 9.66. The topological polar surface area (TPSA) is 125 Å². The number of anilines is 1. The third-order valence-corrected chi connectivity index (χ3v) is 4.60. The first-order chi connectivity index (χ1) is 14.9. The number of ether oxygens (including phenoxy) is 1. The van der Waals surface area contributed by atoms with Crippen molar-refractivity contribution in [1.29, 1.82) is 0 Å². The highest BCUT2D eigenvalue weighted by atomic mass is 16.7. The van der Waals surface area contributed by atoms with Crippen LogP contribution in [0.5, 0.6) is 5.75 Å². The minimum absolute atomic E-state index is 0.0512. The zero-order chi connectivity index (χ0) is 22.8. The van der Waals surface area contributed by atoms with Crippen LogP contribution in [0.4, 0.5) is 5.69 Å². The lowest BCUT2D eigenvalue weighted by Gasteiger charge is -2.32. The first kappa shape index (κ1) is 23.8. The standard InChI is InChI=1S/C22H26N2O7/c1-3-18(26)21(27)20(24(14-25)31-13-15-7-5-4-6-8-15)19(22(28)29)23-16-9-11-17(30-2)12-10-16/h4-12,14,18-20,23,26H,3,13H2,1-2H3,(H,28,29)/t18?,19-,20?/m0/s1. The number of amides is 1. The van der Waals surface area contributed by atoms with Crippen LogP contribution in [0.3, 0.4) is 0 Å². The van der Waals surface area contributed by atoms with E-state index in [-0.39, 0.29) is 19.4 Å². The van der Waals surface area contributed by atoms with E-state index in [0.29, 0.717) is 22.1 Å². The summed E-state index contributed by atoms with van der Waals surface area (Å²) in [6, 6.07) is 12.0. The summed E-state index contributed by atoms with van der Waals surface area (Å²) in [5.41, 5.74) is 1.09. The maximum atomic E-state index is 12.9. The van der Waals surface area contributed by atoms with E-state index in [9.17, 15) is 24.6 Å². The largest absolute Gasteiger partial charge is 0.497 e. The number of nitrogens with zero attached hydrogens (tertiary/aromatic N) is 1. The van der Waals surface area contributed by atoms with Gasteiger partial charge >= 0.3 is 5.97 Å². The molecule has 0 aliphatic carbocycles. The Morgan fingerprint density at radius 2 is 1.77 bits per heavy atom. The number of hydroxylamine groups is 2. The van der Waals surface area contributed by atoms with Crippen molar-refractivity contribution in [3.05, 3.63) is 60.2 Å². The number of nitrogens with one attached hydrogen (secondary N) is 1. The molecule has 0 bridgehead atoms. The summed E-state index contributed by atoms with van der Waals surface area (Å²) in [7, 11) is 1.50. The fraction of sp³-hybridized carbons (Fsp3) is 0.318. The Hall–Kier alpha value is -3.43. The van der Waals surface area contributed by atoms with Gasteiger partial charge in [0, 0.05) is 5.69 Å². The first-order valence-electron chi connectivity index (χ1n) is 9.66. The predicted molar refractivity (Wildman–Crippen MR) is 112 cm³/mol. The molecule has 0 aliphatic heterocycles. The maximum Gasteiger partial charge on any atom is 0.328 e. The third kappa shape index (κ3) is 6.53. The summed E-state index contributed by atoms with van der Waals surface area (Å²) in [5.74, 6) is -1.68. The van der Waals surface area contributed by atoms with Gasteiger partial charge in [-0.15, -0.1) is 0 Å². The van der Waals surface area contributed by atoms with Crippen LogP contribution in [0.15, 0.2) is 54.6 Å². The molecule has 0 radical (unpaired) electrons. The molecule has 0 saturated heterocycles. The van der Waals surface area contributed by atoms with Crippen LogP contribution < -0.4 is 10.1 Å². The number of carbonyl (C=O) groups is 3. The van der Waals surface area contributed by atoms with Crippen molar-refractivity contribution < 1.29 is 34.2 Å². The van der Waals surface area contributed by atoms with Gasteiger partial charge in [-0.3, -0.25) is 14.4 Å². The fourth-order valence-corrected chi connectivity index (χ4v) is 2.88. The number of carbonyl (C=O) groups excluding carboxylic acids is 2. The lowest BCUT2D eigenvalue weighted by Crippen LogP contribution is -2.57. The Morgan fingerprint density at radius 1 is 1.13 bits per heavy atom. The SMILES string of the molecule is CCC(O)C(=O)C([C@H](Nc1ccc(OC)cc1)C(=O)O)N(C=O)OCc1ccccc1. The van der Waals surface area contributed by atoms with E-state index < -0.39 is 29.9 Å². The minimum Gasteiger partial charge on any atom is -0.497 e. The molecule has 3 atom stereocenters. The van der Waals surface area contributed by atoms with Crippen LogP contribution in [-0.2, 0) is 25.8 Å².